The third-order valence-electron chi connectivity index (χ3n) is 3.35. The van der Waals surface area contributed by atoms with Gasteiger partial charge in [0.2, 0.25) is 0 Å². The Morgan fingerprint density at radius 3 is 2.79 bits per heavy atom. The van der Waals surface area contributed by atoms with Gasteiger partial charge in [-0.25, -0.2) is 0 Å². The predicted molar refractivity (Wildman–Crippen MR) is 80.3 cm³/mol. The van der Waals surface area contributed by atoms with Crippen LogP contribution in [0.15, 0.2) is 30.6 Å². The molecule has 0 aliphatic carbocycles. The molecule has 0 bridgehead atoms. The molecule has 4 heteroatoms. The summed E-state index contributed by atoms with van der Waals surface area (Å²) < 4.78 is 5.25. The van der Waals surface area contributed by atoms with Crippen LogP contribution in [0.1, 0.15) is 13.8 Å². The van der Waals surface area contributed by atoms with Crippen LogP contribution in [-0.2, 0) is 4.74 Å². The van der Waals surface area contributed by atoms with E-state index in [4.69, 9.17) is 10.5 Å². The van der Waals surface area contributed by atoms with Crippen LogP contribution in [-0.4, -0.2) is 24.7 Å². The van der Waals surface area contributed by atoms with Crippen molar-refractivity contribution in [3.8, 4) is 0 Å². The molecule has 1 aromatic heterocycles. The number of nitrogens with two attached hydrogens (primary N) is 1. The van der Waals surface area contributed by atoms with Gasteiger partial charge in [-0.3, -0.25) is 4.98 Å². The van der Waals surface area contributed by atoms with E-state index in [1.165, 1.54) is 0 Å². The predicted octanol–water partition coefficient (Wildman–Crippen LogP) is 2.90. The van der Waals surface area contributed by atoms with Gasteiger partial charge in [-0.05, 0) is 18.1 Å². The highest BCUT2D eigenvalue weighted by Gasteiger charge is 2.14. The molecule has 0 saturated heterocycles. The van der Waals surface area contributed by atoms with Crippen molar-refractivity contribution >= 4 is 22.1 Å². The molecule has 0 aliphatic rings. The zero-order valence-electron chi connectivity index (χ0n) is 11.7. The van der Waals surface area contributed by atoms with Crippen molar-refractivity contribution in [3.05, 3.63) is 30.6 Å². The monoisotopic (exact) mass is 259 g/mol. The minimum atomic E-state index is 0.242. The third-order valence-corrected chi connectivity index (χ3v) is 3.35. The van der Waals surface area contributed by atoms with E-state index in [0.29, 0.717) is 12.5 Å². The van der Waals surface area contributed by atoms with Crippen LogP contribution in [0.2, 0.25) is 0 Å². The topological polar surface area (TPSA) is 60.2 Å². The van der Waals surface area contributed by atoms with E-state index in [2.05, 4.69) is 24.1 Å². The minimum absolute atomic E-state index is 0.242. The third kappa shape index (κ3) is 2.96. The molecule has 0 fully saturated rings. The van der Waals surface area contributed by atoms with Crippen molar-refractivity contribution in [2.75, 3.05) is 24.8 Å². The number of anilines is 2. The molecule has 1 aromatic carbocycles. The summed E-state index contributed by atoms with van der Waals surface area (Å²) in [6.07, 6.45) is 3.59. The molecule has 19 heavy (non-hydrogen) atoms. The van der Waals surface area contributed by atoms with Gasteiger partial charge in [0.25, 0.3) is 0 Å². The van der Waals surface area contributed by atoms with Crippen LogP contribution in [0.4, 0.5) is 11.4 Å². The summed E-state index contributed by atoms with van der Waals surface area (Å²) in [5, 5.41) is 5.55. The summed E-state index contributed by atoms with van der Waals surface area (Å²) in [5.74, 6) is 0.465. The first-order valence-corrected chi connectivity index (χ1v) is 6.51. The maximum atomic E-state index is 6.23. The minimum Gasteiger partial charge on any atom is -0.397 e. The number of methoxy groups -OCH3 is 1. The van der Waals surface area contributed by atoms with Gasteiger partial charge in [-0.1, -0.05) is 19.9 Å². The quantitative estimate of drug-likeness (QED) is 0.811. The number of nitrogens with zero attached hydrogens (tertiary/aromatic N) is 1. The fraction of sp³-hybridized carbons (Fsp3) is 0.400. The first-order valence-electron chi connectivity index (χ1n) is 6.51. The number of fused-ring (bicyclic) bond motifs is 1. The number of nitrogen functional groups attached to an aromatic ring is 1. The van der Waals surface area contributed by atoms with Crippen LogP contribution < -0.4 is 11.1 Å². The molecule has 1 heterocycles. The average Bonchev–Trinajstić information content (AvgIpc) is 2.41. The highest BCUT2D eigenvalue weighted by atomic mass is 16.5. The van der Waals surface area contributed by atoms with Gasteiger partial charge in [0.15, 0.2) is 0 Å². The van der Waals surface area contributed by atoms with E-state index >= 15 is 0 Å². The molecule has 2 rings (SSSR count). The zero-order chi connectivity index (χ0) is 13.8. The van der Waals surface area contributed by atoms with Crippen LogP contribution >= 0.6 is 0 Å². The maximum Gasteiger partial charge on any atom is 0.0666 e. The van der Waals surface area contributed by atoms with Crippen molar-refractivity contribution in [1.29, 1.82) is 0 Å². The highest BCUT2D eigenvalue weighted by molar-refractivity contribution is 5.98. The Kier molecular flexibility index (Phi) is 4.22. The van der Waals surface area contributed by atoms with E-state index in [-0.39, 0.29) is 6.04 Å². The molecule has 4 nitrogen and oxygen atoms in total. The number of hydrogen-bond acceptors (Lipinski definition) is 4. The summed E-state index contributed by atoms with van der Waals surface area (Å²) in [7, 11) is 1.71. The van der Waals surface area contributed by atoms with E-state index in [1.54, 1.807) is 13.3 Å². The Hall–Kier alpha value is -1.81. The van der Waals surface area contributed by atoms with Gasteiger partial charge in [0, 0.05) is 30.3 Å². The van der Waals surface area contributed by atoms with E-state index in [9.17, 15) is 0 Å². The zero-order valence-corrected chi connectivity index (χ0v) is 11.7. The molecule has 1 unspecified atom stereocenters. The second-order valence-electron chi connectivity index (χ2n) is 5.07. The molecule has 0 radical (unpaired) electrons. The summed E-state index contributed by atoms with van der Waals surface area (Å²) >= 11 is 0. The van der Waals surface area contributed by atoms with E-state index in [1.807, 2.05) is 24.4 Å². The lowest BCUT2D eigenvalue weighted by molar-refractivity contribution is 0.171. The van der Waals surface area contributed by atoms with Crippen molar-refractivity contribution in [2.45, 2.75) is 19.9 Å². The summed E-state index contributed by atoms with van der Waals surface area (Å²) in [4.78, 5) is 4.11. The number of pyridine rings is 1. The van der Waals surface area contributed by atoms with Crippen molar-refractivity contribution in [1.82, 2.24) is 4.98 Å². The van der Waals surface area contributed by atoms with E-state index < -0.39 is 0 Å². The Balaban J connectivity index is 2.32. The van der Waals surface area contributed by atoms with Crippen LogP contribution in [0.25, 0.3) is 10.8 Å². The first kappa shape index (κ1) is 13.6. The SMILES string of the molecule is COCC(Nc1ccc2cnccc2c1N)C(C)C. The van der Waals surface area contributed by atoms with Gasteiger partial charge < -0.3 is 15.8 Å². The molecular weight excluding hydrogens is 238 g/mol. The van der Waals surface area contributed by atoms with Gasteiger partial charge >= 0.3 is 0 Å². The lowest BCUT2D eigenvalue weighted by Crippen LogP contribution is -2.30. The Morgan fingerprint density at radius 2 is 2.11 bits per heavy atom. The van der Waals surface area contributed by atoms with Crippen LogP contribution in [0, 0.1) is 5.92 Å². The molecule has 0 spiro atoms. The van der Waals surface area contributed by atoms with Crippen LogP contribution in [0.5, 0.6) is 0 Å². The molecule has 0 saturated carbocycles. The standard InChI is InChI=1S/C15H21N3O/c1-10(2)14(9-19-3)18-13-5-4-11-8-17-7-6-12(11)15(13)16/h4-8,10,14,18H,9,16H2,1-3H3. The largest absolute Gasteiger partial charge is 0.397 e. The summed E-state index contributed by atoms with van der Waals surface area (Å²) in [6.45, 7) is 4.99. The number of ether oxygens (including phenoxy) is 1. The molecule has 0 aliphatic heterocycles. The molecule has 2 aromatic rings. The maximum absolute atomic E-state index is 6.23. The second kappa shape index (κ2) is 5.89. The Morgan fingerprint density at radius 1 is 1.32 bits per heavy atom. The first-order chi connectivity index (χ1) is 9.13. The van der Waals surface area contributed by atoms with E-state index in [0.717, 1.165) is 22.1 Å². The van der Waals surface area contributed by atoms with Crippen molar-refractivity contribution in [2.24, 2.45) is 5.92 Å². The highest BCUT2D eigenvalue weighted by Crippen LogP contribution is 2.29. The Bertz CT molecular complexity index is 554. The van der Waals surface area contributed by atoms with Gasteiger partial charge in [-0.15, -0.1) is 0 Å². The fourth-order valence-corrected chi connectivity index (χ4v) is 2.10. The van der Waals surface area contributed by atoms with Crippen molar-refractivity contribution < 1.29 is 4.74 Å². The average molecular weight is 259 g/mol. The lowest BCUT2D eigenvalue weighted by atomic mass is 10.0. The van der Waals surface area contributed by atoms with Gasteiger partial charge in [-0.2, -0.15) is 0 Å². The fourth-order valence-electron chi connectivity index (χ4n) is 2.10. The number of hydrogen-bond donors (Lipinski definition) is 2. The summed E-state index contributed by atoms with van der Waals surface area (Å²) in [6, 6.07) is 6.22. The Labute approximate surface area is 114 Å². The van der Waals surface area contributed by atoms with Gasteiger partial charge in [0.1, 0.15) is 0 Å². The van der Waals surface area contributed by atoms with Crippen molar-refractivity contribution in [3.63, 3.8) is 0 Å². The van der Waals surface area contributed by atoms with Gasteiger partial charge in [0.05, 0.1) is 24.0 Å². The molecule has 3 N–H and O–H groups in total. The number of rotatable bonds is 5. The molecule has 102 valence electrons. The van der Waals surface area contributed by atoms with Crippen LogP contribution in [0.3, 0.4) is 0 Å². The normalized spacial score (nSPS) is 12.8. The number of benzene rings is 1. The smallest absolute Gasteiger partial charge is 0.0666 e. The second-order valence-corrected chi connectivity index (χ2v) is 5.07. The molecular formula is C15H21N3O. The molecule has 1 atom stereocenters. The number of aromatic nitrogens is 1. The summed E-state index contributed by atoms with van der Waals surface area (Å²) in [5.41, 5.74) is 7.95. The number of nitrogens with one attached hydrogen (secondary N) is 1. The lowest BCUT2D eigenvalue weighted by Gasteiger charge is -2.24. The molecule has 0 amide bonds.